The Hall–Kier alpha value is -0.960. The smallest absolute Gasteiger partial charge is 0.166 e. The topological polar surface area (TPSA) is 46.2 Å². The Morgan fingerprint density at radius 2 is 1.53 bits per heavy atom. The Morgan fingerprint density at radius 3 is 2.00 bits per heavy atom. The van der Waals surface area contributed by atoms with E-state index in [9.17, 15) is 9.59 Å². The van der Waals surface area contributed by atoms with Crippen LogP contribution in [0.4, 0.5) is 0 Å². The fourth-order valence-corrected chi connectivity index (χ4v) is 2.42. The lowest BCUT2D eigenvalue weighted by Crippen LogP contribution is -2.43. The van der Waals surface area contributed by atoms with Crippen molar-refractivity contribution in [2.75, 3.05) is 13.1 Å². The highest BCUT2D eigenvalue weighted by atomic mass is 16.1. The quantitative estimate of drug-likeness (QED) is 0.485. The molecule has 0 aromatic carbocycles. The second-order valence-electron chi connectivity index (χ2n) is 4.43. The molecule has 0 aromatic heterocycles. The van der Waals surface area contributed by atoms with Gasteiger partial charge in [-0.05, 0) is 31.3 Å². The van der Waals surface area contributed by atoms with Gasteiger partial charge in [-0.15, -0.1) is 0 Å². The van der Waals surface area contributed by atoms with E-state index in [2.05, 4.69) is 11.9 Å². The van der Waals surface area contributed by atoms with Crippen LogP contribution < -0.4 is 5.32 Å². The van der Waals surface area contributed by atoms with Crippen molar-refractivity contribution < 1.29 is 9.59 Å². The molecule has 15 heavy (non-hydrogen) atoms. The molecule has 1 aliphatic heterocycles. The van der Waals surface area contributed by atoms with Crippen LogP contribution in [-0.4, -0.2) is 24.7 Å². The van der Waals surface area contributed by atoms with Crippen molar-refractivity contribution in [2.45, 2.75) is 33.1 Å². The molecule has 3 heteroatoms. The summed E-state index contributed by atoms with van der Waals surface area (Å²) in [5.74, 6) is -0.0775. The summed E-state index contributed by atoms with van der Waals surface area (Å²) in [6.07, 6.45) is 2.94. The number of hydrogen-bond acceptors (Lipinski definition) is 3. The first-order valence-electron chi connectivity index (χ1n) is 5.09. The summed E-state index contributed by atoms with van der Waals surface area (Å²) in [5, 5.41) is 3.25. The van der Waals surface area contributed by atoms with Crippen LogP contribution >= 0.6 is 0 Å². The van der Waals surface area contributed by atoms with E-state index in [1.165, 1.54) is 0 Å². The van der Waals surface area contributed by atoms with E-state index < -0.39 is 0 Å². The van der Waals surface area contributed by atoms with Gasteiger partial charge in [0.15, 0.2) is 11.6 Å². The van der Waals surface area contributed by atoms with Crippen LogP contribution in [0.15, 0.2) is 12.2 Å². The third kappa shape index (κ3) is 2.17. The standard InChI is InChI=1S/C11H15NO2.CH4/c1-8-9(13)6-11(7-10(8)14)2-4-12-5-3-11;/h12H,1-7H2;1H4. The van der Waals surface area contributed by atoms with Gasteiger partial charge in [-0.1, -0.05) is 14.0 Å². The molecule has 2 rings (SSSR count). The average Bonchev–Trinajstić information content (AvgIpc) is 2.15. The van der Waals surface area contributed by atoms with Crippen molar-refractivity contribution in [2.24, 2.45) is 5.41 Å². The first-order chi connectivity index (χ1) is 6.63. The average molecular weight is 209 g/mol. The summed E-state index contributed by atoms with van der Waals surface area (Å²) in [7, 11) is 0. The molecule has 0 bridgehead atoms. The van der Waals surface area contributed by atoms with Crippen LogP contribution in [0.1, 0.15) is 33.1 Å². The van der Waals surface area contributed by atoms with E-state index in [1.54, 1.807) is 0 Å². The number of piperidine rings is 1. The van der Waals surface area contributed by atoms with Gasteiger partial charge < -0.3 is 5.32 Å². The van der Waals surface area contributed by atoms with Crippen LogP contribution in [0, 0.1) is 5.41 Å². The predicted octanol–water partition coefficient (Wildman–Crippen LogP) is 1.48. The van der Waals surface area contributed by atoms with Gasteiger partial charge in [0, 0.05) is 12.8 Å². The normalized spacial score (nSPS) is 25.2. The van der Waals surface area contributed by atoms with E-state index in [0.717, 1.165) is 25.9 Å². The molecule has 0 unspecified atom stereocenters. The molecule has 1 saturated carbocycles. The highest BCUT2D eigenvalue weighted by molar-refractivity contribution is 6.21. The Morgan fingerprint density at radius 1 is 1.07 bits per heavy atom. The highest BCUT2D eigenvalue weighted by Crippen LogP contribution is 2.41. The highest BCUT2D eigenvalue weighted by Gasteiger charge is 2.41. The third-order valence-electron chi connectivity index (χ3n) is 3.41. The molecule has 2 aliphatic rings. The molecule has 0 amide bonds. The van der Waals surface area contributed by atoms with Crippen LogP contribution in [0.5, 0.6) is 0 Å². The Kier molecular flexibility index (Phi) is 3.45. The van der Waals surface area contributed by atoms with E-state index in [-0.39, 0.29) is 30.0 Å². The van der Waals surface area contributed by atoms with E-state index in [4.69, 9.17) is 0 Å². The molecule has 0 aromatic rings. The zero-order valence-electron chi connectivity index (χ0n) is 8.27. The van der Waals surface area contributed by atoms with Crippen molar-refractivity contribution in [3.05, 3.63) is 12.2 Å². The van der Waals surface area contributed by atoms with Gasteiger partial charge in [0.25, 0.3) is 0 Å². The zero-order chi connectivity index (χ0) is 10.2. The molecular weight excluding hydrogens is 190 g/mol. The number of ketones is 2. The first kappa shape index (κ1) is 12.1. The molecule has 1 N–H and O–H groups in total. The largest absolute Gasteiger partial charge is 0.317 e. The molecule has 1 heterocycles. The lowest BCUT2D eigenvalue weighted by Gasteiger charge is -2.39. The number of hydrogen-bond donors (Lipinski definition) is 1. The molecule has 3 nitrogen and oxygen atoms in total. The predicted molar refractivity (Wildman–Crippen MR) is 59.7 cm³/mol. The summed E-state index contributed by atoms with van der Waals surface area (Å²) in [4.78, 5) is 23.1. The van der Waals surface area contributed by atoms with Crippen molar-refractivity contribution in [3.63, 3.8) is 0 Å². The van der Waals surface area contributed by atoms with Crippen molar-refractivity contribution >= 4 is 11.6 Å². The third-order valence-corrected chi connectivity index (χ3v) is 3.41. The van der Waals surface area contributed by atoms with Gasteiger partial charge >= 0.3 is 0 Å². The minimum Gasteiger partial charge on any atom is -0.317 e. The molecular formula is C12H19NO2. The van der Waals surface area contributed by atoms with E-state index in [1.807, 2.05) is 0 Å². The molecule has 0 radical (unpaired) electrons. The number of allylic oxidation sites excluding steroid dienone is 1. The van der Waals surface area contributed by atoms with Crippen LogP contribution in [-0.2, 0) is 9.59 Å². The lowest BCUT2D eigenvalue weighted by atomic mass is 9.66. The summed E-state index contributed by atoms with van der Waals surface area (Å²) in [6.45, 7) is 5.39. The molecule has 1 aliphatic carbocycles. The number of Topliss-reactive ketones (excluding diaryl/α,β-unsaturated/α-hetero) is 2. The lowest BCUT2D eigenvalue weighted by molar-refractivity contribution is -0.129. The maximum Gasteiger partial charge on any atom is 0.166 e. The van der Waals surface area contributed by atoms with Crippen LogP contribution in [0.2, 0.25) is 0 Å². The van der Waals surface area contributed by atoms with E-state index >= 15 is 0 Å². The Bertz CT molecular complexity index is 279. The SMILES string of the molecule is C.C=C1C(=O)CC2(CCNCC2)CC1=O. The number of rotatable bonds is 0. The monoisotopic (exact) mass is 209 g/mol. The Labute approximate surface area is 90.9 Å². The van der Waals surface area contributed by atoms with Crippen LogP contribution in [0.25, 0.3) is 0 Å². The molecule has 1 spiro atoms. The summed E-state index contributed by atoms with van der Waals surface area (Å²) < 4.78 is 0. The summed E-state index contributed by atoms with van der Waals surface area (Å²) in [6, 6.07) is 0. The second-order valence-corrected chi connectivity index (χ2v) is 4.43. The van der Waals surface area contributed by atoms with E-state index in [0.29, 0.717) is 12.8 Å². The molecule has 84 valence electrons. The maximum atomic E-state index is 11.5. The van der Waals surface area contributed by atoms with Gasteiger partial charge in [0.05, 0.1) is 5.57 Å². The maximum absolute atomic E-state index is 11.5. The van der Waals surface area contributed by atoms with Gasteiger partial charge in [0.2, 0.25) is 0 Å². The van der Waals surface area contributed by atoms with Gasteiger partial charge in [-0.25, -0.2) is 0 Å². The zero-order valence-corrected chi connectivity index (χ0v) is 8.27. The van der Waals surface area contributed by atoms with Crippen molar-refractivity contribution in [3.8, 4) is 0 Å². The van der Waals surface area contributed by atoms with Gasteiger partial charge in [-0.2, -0.15) is 0 Å². The number of carbonyl (C=O) groups excluding carboxylic acids is 2. The number of carbonyl (C=O) groups is 2. The fraction of sp³-hybridized carbons (Fsp3) is 0.667. The molecule has 1 saturated heterocycles. The van der Waals surface area contributed by atoms with Crippen LogP contribution in [0.3, 0.4) is 0 Å². The molecule has 2 fully saturated rings. The molecule has 0 atom stereocenters. The van der Waals surface area contributed by atoms with Crippen molar-refractivity contribution in [1.29, 1.82) is 0 Å². The minimum atomic E-state index is -0.0411. The summed E-state index contributed by atoms with van der Waals surface area (Å²) >= 11 is 0. The fourth-order valence-electron chi connectivity index (χ4n) is 2.42. The van der Waals surface area contributed by atoms with Gasteiger partial charge in [0.1, 0.15) is 0 Å². The van der Waals surface area contributed by atoms with Crippen molar-refractivity contribution in [1.82, 2.24) is 5.32 Å². The summed E-state index contributed by atoms with van der Waals surface area (Å²) in [5.41, 5.74) is 0.176. The number of nitrogens with one attached hydrogen (secondary N) is 1. The Balaban J connectivity index is 0.00000112. The first-order valence-corrected chi connectivity index (χ1v) is 5.09. The minimum absolute atomic E-state index is 0. The van der Waals surface area contributed by atoms with Gasteiger partial charge in [-0.3, -0.25) is 9.59 Å². The second kappa shape index (κ2) is 4.27.